The lowest BCUT2D eigenvalue weighted by Gasteiger charge is -2.27. The van der Waals surface area contributed by atoms with Crippen LogP contribution < -0.4 is 30.2 Å². The Morgan fingerprint density at radius 3 is 2.38 bits per heavy atom. The highest BCUT2D eigenvalue weighted by atomic mass is 16.5. The zero-order chi connectivity index (χ0) is 27.9. The van der Waals surface area contributed by atoms with Gasteiger partial charge in [-0.2, -0.15) is 0 Å². The normalized spacial score (nSPS) is 13.7. The summed E-state index contributed by atoms with van der Waals surface area (Å²) in [5.74, 6) is 2.35. The quantitative estimate of drug-likeness (QED) is 0.265. The highest BCUT2D eigenvalue weighted by Gasteiger charge is 2.20. The summed E-state index contributed by atoms with van der Waals surface area (Å²) in [6.45, 7) is 5.82. The fraction of sp³-hybridized carbons (Fsp3) is 0.333. The van der Waals surface area contributed by atoms with Gasteiger partial charge in [-0.05, 0) is 29.8 Å². The molecule has 210 valence electrons. The Morgan fingerprint density at radius 1 is 0.975 bits per heavy atom. The molecule has 2 aromatic heterocycles. The van der Waals surface area contributed by atoms with Crippen LogP contribution in [0.4, 0.5) is 5.82 Å². The first kappa shape index (κ1) is 27.3. The third-order valence-corrected chi connectivity index (χ3v) is 7.05. The van der Waals surface area contributed by atoms with Crippen LogP contribution in [0.5, 0.6) is 17.2 Å². The van der Waals surface area contributed by atoms with Crippen LogP contribution in [-0.2, 0) is 6.54 Å². The molecule has 0 radical (unpaired) electrons. The van der Waals surface area contributed by atoms with E-state index in [2.05, 4.69) is 20.9 Å². The maximum Gasteiger partial charge on any atom is 0.255 e. The zero-order valence-electron chi connectivity index (χ0n) is 23.2. The summed E-state index contributed by atoms with van der Waals surface area (Å²) < 4.78 is 18.5. The number of aromatic nitrogens is 2. The summed E-state index contributed by atoms with van der Waals surface area (Å²) in [5, 5.41) is 9.99. The molecule has 40 heavy (non-hydrogen) atoms. The molecule has 2 aromatic carbocycles. The molecule has 0 atom stereocenters. The summed E-state index contributed by atoms with van der Waals surface area (Å²) in [4.78, 5) is 20.6. The number of nitrogens with zero attached hydrogens (tertiary/aromatic N) is 3. The first-order valence-electron chi connectivity index (χ1n) is 13.4. The number of carbonyl (C=O) groups excluding carboxylic acids is 1. The van der Waals surface area contributed by atoms with Gasteiger partial charge in [0.05, 0.1) is 26.9 Å². The average molecular weight is 545 g/mol. The number of rotatable bonds is 11. The van der Waals surface area contributed by atoms with Gasteiger partial charge in [-0.1, -0.05) is 30.3 Å². The van der Waals surface area contributed by atoms with Crippen molar-refractivity contribution in [2.75, 3.05) is 65.9 Å². The molecular weight excluding hydrogens is 508 g/mol. The van der Waals surface area contributed by atoms with E-state index in [1.807, 2.05) is 65.2 Å². The van der Waals surface area contributed by atoms with Gasteiger partial charge < -0.3 is 30.2 Å². The van der Waals surface area contributed by atoms with Crippen molar-refractivity contribution in [3.8, 4) is 28.5 Å². The fourth-order valence-corrected chi connectivity index (χ4v) is 4.99. The largest absolute Gasteiger partial charge is 0.493 e. The van der Waals surface area contributed by atoms with Crippen LogP contribution in [0.2, 0.25) is 0 Å². The standard InChI is InChI=1S/C30H36N6O4/c1-38-24-18-21(19-25(39-2)27(24)40-3)20-33-29-26(22-8-5-4-6-9-22)34-28-23(10-7-14-36(28)29)30(37)32-13-17-35-15-11-31-12-16-35/h4-10,14,18-19,31,33H,11-13,15-17,20H2,1-3H3,(H,32,37). The van der Waals surface area contributed by atoms with Crippen molar-refractivity contribution >= 4 is 17.4 Å². The summed E-state index contributed by atoms with van der Waals surface area (Å²) in [6.07, 6.45) is 1.92. The van der Waals surface area contributed by atoms with Crippen molar-refractivity contribution in [1.82, 2.24) is 24.9 Å². The number of fused-ring (bicyclic) bond motifs is 1. The number of benzene rings is 2. The maximum absolute atomic E-state index is 13.3. The second-order valence-corrected chi connectivity index (χ2v) is 9.53. The highest BCUT2D eigenvalue weighted by molar-refractivity contribution is 6.00. The minimum atomic E-state index is -0.137. The molecule has 0 spiro atoms. The number of ether oxygens (including phenoxy) is 3. The van der Waals surface area contributed by atoms with Gasteiger partial charge in [-0.15, -0.1) is 0 Å². The van der Waals surface area contributed by atoms with Crippen molar-refractivity contribution in [3.05, 3.63) is 71.9 Å². The second kappa shape index (κ2) is 12.7. The van der Waals surface area contributed by atoms with Crippen molar-refractivity contribution in [1.29, 1.82) is 0 Å². The summed E-state index contributed by atoms with van der Waals surface area (Å²) >= 11 is 0. The van der Waals surface area contributed by atoms with Crippen LogP contribution in [0.25, 0.3) is 16.9 Å². The Labute approximate surface area is 234 Å². The molecule has 0 unspecified atom stereocenters. The second-order valence-electron chi connectivity index (χ2n) is 9.53. The monoisotopic (exact) mass is 544 g/mol. The van der Waals surface area contributed by atoms with Crippen LogP contribution in [0, 0.1) is 0 Å². The van der Waals surface area contributed by atoms with Crippen molar-refractivity contribution in [2.24, 2.45) is 0 Å². The third kappa shape index (κ3) is 5.83. The van der Waals surface area contributed by atoms with E-state index in [1.54, 1.807) is 21.3 Å². The summed E-state index contributed by atoms with van der Waals surface area (Å²) in [6, 6.07) is 17.5. The predicted molar refractivity (Wildman–Crippen MR) is 156 cm³/mol. The van der Waals surface area contributed by atoms with Crippen LogP contribution in [0.15, 0.2) is 60.8 Å². The number of hydrogen-bond acceptors (Lipinski definition) is 8. The van der Waals surface area contributed by atoms with Crippen LogP contribution in [0.3, 0.4) is 0 Å². The minimum Gasteiger partial charge on any atom is -0.493 e. The number of nitrogens with one attached hydrogen (secondary N) is 3. The smallest absolute Gasteiger partial charge is 0.255 e. The van der Waals surface area contributed by atoms with Gasteiger partial charge in [0.2, 0.25) is 5.75 Å². The molecule has 10 heteroatoms. The number of anilines is 1. The first-order valence-corrected chi connectivity index (χ1v) is 13.4. The van der Waals surface area contributed by atoms with Crippen LogP contribution >= 0.6 is 0 Å². The number of methoxy groups -OCH3 is 3. The number of amides is 1. The number of carbonyl (C=O) groups is 1. The number of hydrogen-bond donors (Lipinski definition) is 3. The Kier molecular flexibility index (Phi) is 8.68. The predicted octanol–water partition coefficient (Wildman–Crippen LogP) is 3.27. The molecule has 1 amide bonds. The van der Waals surface area contributed by atoms with Crippen molar-refractivity contribution in [2.45, 2.75) is 6.54 Å². The molecule has 3 N–H and O–H groups in total. The van der Waals surface area contributed by atoms with E-state index in [0.29, 0.717) is 41.5 Å². The SMILES string of the molecule is COc1cc(CNc2c(-c3ccccc3)nc3c(C(=O)NCCN4CCNCC4)cccn23)cc(OC)c1OC. The highest BCUT2D eigenvalue weighted by Crippen LogP contribution is 2.38. The van der Waals surface area contributed by atoms with E-state index in [0.717, 1.165) is 55.4 Å². The molecule has 1 fully saturated rings. The third-order valence-electron chi connectivity index (χ3n) is 7.05. The molecule has 0 saturated carbocycles. The number of imidazole rings is 1. The van der Waals surface area contributed by atoms with E-state index >= 15 is 0 Å². The minimum absolute atomic E-state index is 0.137. The topological polar surface area (TPSA) is 101 Å². The van der Waals surface area contributed by atoms with E-state index in [4.69, 9.17) is 19.2 Å². The molecule has 0 bridgehead atoms. The Balaban J connectivity index is 1.44. The molecule has 5 rings (SSSR count). The van der Waals surface area contributed by atoms with Gasteiger partial charge in [0, 0.05) is 57.6 Å². The van der Waals surface area contributed by atoms with E-state index in [-0.39, 0.29) is 5.91 Å². The van der Waals surface area contributed by atoms with Gasteiger partial charge in [-0.3, -0.25) is 14.1 Å². The van der Waals surface area contributed by atoms with E-state index in [1.165, 1.54) is 0 Å². The van der Waals surface area contributed by atoms with Crippen LogP contribution in [0.1, 0.15) is 15.9 Å². The van der Waals surface area contributed by atoms with Gasteiger partial charge in [0.1, 0.15) is 11.5 Å². The van der Waals surface area contributed by atoms with Crippen LogP contribution in [-0.4, -0.2) is 80.8 Å². The van der Waals surface area contributed by atoms with Gasteiger partial charge in [0.25, 0.3) is 5.91 Å². The molecule has 10 nitrogen and oxygen atoms in total. The lowest BCUT2D eigenvalue weighted by Crippen LogP contribution is -2.46. The Morgan fingerprint density at radius 2 is 1.70 bits per heavy atom. The summed E-state index contributed by atoms with van der Waals surface area (Å²) in [7, 11) is 4.79. The van der Waals surface area contributed by atoms with Crippen molar-refractivity contribution in [3.63, 3.8) is 0 Å². The zero-order valence-corrected chi connectivity index (χ0v) is 23.2. The van der Waals surface area contributed by atoms with E-state index < -0.39 is 0 Å². The first-order chi connectivity index (χ1) is 19.6. The molecule has 0 aliphatic carbocycles. The van der Waals surface area contributed by atoms with Gasteiger partial charge in [0.15, 0.2) is 17.1 Å². The lowest BCUT2D eigenvalue weighted by atomic mass is 10.1. The maximum atomic E-state index is 13.3. The molecule has 1 saturated heterocycles. The lowest BCUT2D eigenvalue weighted by molar-refractivity contribution is 0.0948. The molecule has 3 heterocycles. The molecule has 1 aliphatic heterocycles. The van der Waals surface area contributed by atoms with E-state index in [9.17, 15) is 4.79 Å². The van der Waals surface area contributed by atoms with Crippen molar-refractivity contribution < 1.29 is 19.0 Å². The molecular formula is C30H36N6O4. The fourth-order valence-electron chi connectivity index (χ4n) is 4.99. The Hall–Kier alpha value is -4.28. The molecule has 4 aromatic rings. The van der Waals surface area contributed by atoms with Gasteiger partial charge >= 0.3 is 0 Å². The number of piperazine rings is 1. The average Bonchev–Trinajstić information content (AvgIpc) is 3.39. The van der Waals surface area contributed by atoms with Gasteiger partial charge in [-0.25, -0.2) is 4.98 Å². The Bertz CT molecular complexity index is 1420. The number of pyridine rings is 1. The summed E-state index contributed by atoms with van der Waals surface area (Å²) in [5.41, 5.74) is 3.76. The molecule has 1 aliphatic rings.